The molecule has 1 rings (SSSR count). The molecule has 0 aliphatic rings. The smallest absolute Gasteiger partial charge is 0.141 e. The van der Waals surface area contributed by atoms with E-state index >= 15 is 0 Å². The molecule has 0 bridgehead atoms. The Morgan fingerprint density at radius 1 is 1.19 bits per heavy atom. The van der Waals surface area contributed by atoms with Gasteiger partial charge in [0.2, 0.25) is 0 Å². The van der Waals surface area contributed by atoms with Gasteiger partial charge < -0.3 is 19.6 Å². The summed E-state index contributed by atoms with van der Waals surface area (Å²) in [6, 6.07) is 5.03. The molecule has 5 heteroatoms. The van der Waals surface area contributed by atoms with Crippen LogP contribution in [0.5, 0.6) is 11.5 Å². The van der Waals surface area contributed by atoms with Gasteiger partial charge in [-0.05, 0) is 24.7 Å². The number of hydrogen-bond acceptors (Lipinski definition) is 4. The van der Waals surface area contributed by atoms with Gasteiger partial charge in [-0.25, -0.2) is 0 Å². The fraction of sp³-hybridized carbons (Fsp3) is 0.364. The molecule has 0 aliphatic heterocycles. The zero-order valence-electron chi connectivity index (χ0n) is 9.52. The summed E-state index contributed by atoms with van der Waals surface area (Å²) in [5.41, 5.74) is 0.823. The second-order valence-corrected chi connectivity index (χ2v) is 3.05. The third-order valence-corrected chi connectivity index (χ3v) is 2.18. The summed E-state index contributed by atoms with van der Waals surface area (Å²) < 4.78 is 10.2. The average Bonchev–Trinajstić information content (AvgIpc) is 2.30. The van der Waals surface area contributed by atoms with Crippen molar-refractivity contribution in [3.05, 3.63) is 23.8 Å². The zero-order chi connectivity index (χ0) is 11.3. The fourth-order valence-corrected chi connectivity index (χ4v) is 1.32. The number of carbonyl (C=O) groups excluding carboxylic acids is 1. The Hall–Kier alpha value is -1.26. The fourth-order valence-electron chi connectivity index (χ4n) is 1.32. The second-order valence-electron chi connectivity index (χ2n) is 3.05. The SMILES string of the molecule is CNC(C=O)c1cc(OC)cc(OC)c1.Cl. The van der Waals surface area contributed by atoms with Crippen LogP contribution in [-0.4, -0.2) is 27.6 Å². The van der Waals surface area contributed by atoms with E-state index in [9.17, 15) is 4.79 Å². The van der Waals surface area contributed by atoms with Crippen LogP contribution in [0.2, 0.25) is 0 Å². The first-order valence-corrected chi connectivity index (χ1v) is 4.60. The summed E-state index contributed by atoms with van der Waals surface area (Å²) in [6.45, 7) is 0. The van der Waals surface area contributed by atoms with Crippen molar-refractivity contribution in [3.8, 4) is 11.5 Å². The van der Waals surface area contributed by atoms with Crippen LogP contribution in [0.1, 0.15) is 11.6 Å². The molecule has 16 heavy (non-hydrogen) atoms. The Bertz CT molecular complexity index is 322. The van der Waals surface area contributed by atoms with Gasteiger partial charge in [-0.15, -0.1) is 12.4 Å². The molecule has 1 atom stereocenters. The van der Waals surface area contributed by atoms with E-state index in [4.69, 9.17) is 9.47 Å². The Labute approximate surface area is 101 Å². The largest absolute Gasteiger partial charge is 0.497 e. The number of likely N-dealkylation sites (N-methyl/N-ethyl adjacent to an activating group) is 1. The van der Waals surface area contributed by atoms with Crippen molar-refractivity contribution in [2.45, 2.75) is 6.04 Å². The number of benzene rings is 1. The van der Waals surface area contributed by atoms with Gasteiger partial charge in [-0.3, -0.25) is 0 Å². The topological polar surface area (TPSA) is 47.6 Å². The van der Waals surface area contributed by atoms with Crippen LogP contribution in [0.15, 0.2) is 18.2 Å². The Morgan fingerprint density at radius 2 is 1.69 bits per heavy atom. The molecule has 4 nitrogen and oxygen atoms in total. The van der Waals surface area contributed by atoms with E-state index in [2.05, 4.69) is 5.32 Å². The molecule has 0 aromatic heterocycles. The zero-order valence-corrected chi connectivity index (χ0v) is 10.3. The van der Waals surface area contributed by atoms with E-state index < -0.39 is 0 Å². The predicted octanol–water partition coefficient (Wildman–Crippen LogP) is 1.58. The van der Waals surface area contributed by atoms with Gasteiger partial charge in [0.05, 0.1) is 20.3 Å². The number of ether oxygens (including phenoxy) is 2. The first-order valence-electron chi connectivity index (χ1n) is 4.60. The van der Waals surface area contributed by atoms with Gasteiger partial charge in [0, 0.05) is 6.07 Å². The van der Waals surface area contributed by atoms with E-state index in [0.29, 0.717) is 11.5 Å². The molecular weight excluding hydrogens is 230 g/mol. The van der Waals surface area contributed by atoms with Crippen molar-refractivity contribution in [1.29, 1.82) is 0 Å². The predicted molar refractivity (Wildman–Crippen MR) is 64.7 cm³/mol. The van der Waals surface area contributed by atoms with E-state index in [1.54, 1.807) is 39.5 Å². The minimum absolute atomic E-state index is 0. The van der Waals surface area contributed by atoms with Gasteiger partial charge >= 0.3 is 0 Å². The van der Waals surface area contributed by atoms with Crippen LogP contribution in [0.3, 0.4) is 0 Å². The summed E-state index contributed by atoms with van der Waals surface area (Å²) in [6.07, 6.45) is 0.841. The van der Waals surface area contributed by atoms with Crippen molar-refractivity contribution in [2.75, 3.05) is 21.3 Å². The highest BCUT2D eigenvalue weighted by Gasteiger charge is 2.10. The number of methoxy groups -OCH3 is 2. The summed E-state index contributed by atoms with van der Waals surface area (Å²) in [5, 5.41) is 2.89. The molecule has 90 valence electrons. The second kappa shape index (κ2) is 7.09. The van der Waals surface area contributed by atoms with Crippen LogP contribution in [-0.2, 0) is 4.79 Å². The summed E-state index contributed by atoms with van der Waals surface area (Å²) in [7, 11) is 4.88. The van der Waals surface area contributed by atoms with E-state index in [0.717, 1.165) is 11.8 Å². The molecule has 0 saturated heterocycles. The molecule has 0 heterocycles. The standard InChI is InChI=1S/C11H15NO3.ClH/c1-12-11(7-13)8-4-9(14-2)6-10(5-8)15-3;/h4-7,11-12H,1-3H3;1H. The molecule has 1 aromatic rings. The third-order valence-electron chi connectivity index (χ3n) is 2.18. The molecule has 1 unspecified atom stereocenters. The molecule has 1 aromatic carbocycles. The first-order chi connectivity index (χ1) is 7.24. The lowest BCUT2D eigenvalue weighted by Crippen LogP contribution is -2.17. The number of halogens is 1. The summed E-state index contributed by atoms with van der Waals surface area (Å²) >= 11 is 0. The highest BCUT2D eigenvalue weighted by atomic mass is 35.5. The average molecular weight is 246 g/mol. The molecule has 0 amide bonds. The molecule has 0 fully saturated rings. The number of carbonyl (C=O) groups is 1. The lowest BCUT2D eigenvalue weighted by molar-refractivity contribution is -0.109. The Kier molecular flexibility index (Phi) is 6.53. The first kappa shape index (κ1) is 14.7. The summed E-state index contributed by atoms with van der Waals surface area (Å²) in [4.78, 5) is 10.8. The van der Waals surface area contributed by atoms with Gasteiger partial charge in [0.1, 0.15) is 17.8 Å². The maximum atomic E-state index is 10.8. The Morgan fingerprint density at radius 3 is 2.00 bits per heavy atom. The molecule has 0 radical (unpaired) electrons. The van der Waals surface area contributed by atoms with Crippen molar-refractivity contribution in [1.82, 2.24) is 5.32 Å². The molecule has 0 saturated carbocycles. The maximum Gasteiger partial charge on any atom is 0.141 e. The highest BCUT2D eigenvalue weighted by molar-refractivity contribution is 5.85. The van der Waals surface area contributed by atoms with Crippen molar-refractivity contribution in [3.63, 3.8) is 0 Å². The molecular formula is C11H16ClNO3. The van der Waals surface area contributed by atoms with Crippen LogP contribution in [0.25, 0.3) is 0 Å². The normalized spacial score (nSPS) is 11.2. The van der Waals surface area contributed by atoms with Crippen LogP contribution in [0, 0.1) is 0 Å². The van der Waals surface area contributed by atoms with Crippen molar-refractivity contribution < 1.29 is 14.3 Å². The monoisotopic (exact) mass is 245 g/mol. The quantitative estimate of drug-likeness (QED) is 0.801. The minimum Gasteiger partial charge on any atom is -0.497 e. The number of aldehydes is 1. The van der Waals surface area contributed by atoms with Crippen molar-refractivity contribution in [2.24, 2.45) is 0 Å². The lowest BCUT2D eigenvalue weighted by atomic mass is 10.1. The lowest BCUT2D eigenvalue weighted by Gasteiger charge is -2.12. The number of rotatable bonds is 5. The van der Waals surface area contributed by atoms with Crippen LogP contribution in [0.4, 0.5) is 0 Å². The molecule has 0 aliphatic carbocycles. The molecule has 1 N–H and O–H groups in total. The van der Waals surface area contributed by atoms with Gasteiger partial charge in [0.25, 0.3) is 0 Å². The van der Waals surface area contributed by atoms with Crippen LogP contribution >= 0.6 is 12.4 Å². The third kappa shape index (κ3) is 3.40. The highest BCUT2D eigenvalue weighted by Crippen LogP contribution is 2.25. The van der Waals surface area contributed by atoms with Gasteiger partial charge in [-0.1, -0.05) is 0 Å². The van der Waals surface area contributed by atoms with E-state index in [1.807, 2.05) is 0 Å². The minimum atomic E-state index is -0.339. The Balaban J connectivity index is 0.00000225. The number of hydrogen-bond donors (Lipinski definition) is 1. The van der Waals surface area contributed by atoms with Crippen LogP contribution < -0.4 is 14.8 Å². The number of nitrogens with one attached hydrogen (secondary N) is 1. The van der Waals surface area contributed by atoms with E-state index in [1.165, 1.54) is 0 Å². The van der Waals surface area contributed by atoms with Gasteiger partial charge in [0.15, 0.2) is 0 Å². The van der Waals surface area contributed by atoms with Crippen molar-refractivity contribution >= 4 is 18.7 Å². The van der Waals surface area contributed by atoms with Gasteiger partial charge in [-0.2, -0.15) is 0 Å². The maximum absolute atomic E-state index is 10.8. The van der Waals surface area contributed by atoms with E-state index in [-0.39, 0.29) is 18.4 Å². The summed E-state index contributed by atoms with van der Waals surface area (Å²) in [5.74, 6) is 1.35. The molecule has 0 spiro atoms.